The lowest BCUT2D eigenvalue weighted by atomic mass is 10.1. The first-order valence-electron chi connectivity index (χ1n) is 8.31. The molecule has 1 amide bonds. The Bertz CT molecular complexity index is 916. The van der Waals surface area contributed by atoms with Gasteiger partial charge in [0.15, 0.2) is 6.10 Å². The van der Waals surface area contributed by atoms with Crippen molar-refractivity contribution >= 4 is 33.4 Å². The van der Waals surface area contributed by atoms with Gasteiger partial charge in [-0.15, -0.1) is 0 Å². The predicted octanol–water partition coefficient (Wildman–Crippen LogP) is 4.33. The number of hydrogen-bond donors (Lipinski definition) is 1. The van der Waals surface area contributed by atoms with E-state index in [1.807, 2.05) is 31.2 Å². The molecule has 0 aliphatic heterocycles. The monoisotopic (exact) mass is 448 g/mol. The largest absolute Gasteiger partial charge is 0.480 e. The average Bonchev–Trinajstić information content (AvgIpc) is 3.18. The lowest BCUT2D eigenvalue weighted by molar-refractivity contribution is -0.127. The maximum Gasteiger partial charge on any atom is 0.261 e. The van der Waals surface area contributed by atoms with Crippen molar-refractivity contribution in [1.29, 1.82) is 0 Å². The maximum atomic E-state index is 12.5. The number of nitrogens with zero attached hydrogens (tertiary/aromatic N) is 3. The Morgan fingerprint density at radius 1 is 1.22 bits per heavy atom. The van der Waals surface area contributed by atoms with Gasteiger partial charge in [-0.1, -0.05) is 23.7 Å². The highest BCUT2D eigenvalue weighted by Crippen LogP contribution is 2.28. The molecule has 8 heteroatoms. The summed E-state index contributed by atoms with van der Waals surface area (Å²) in [7, 11) is 0. The zero-order valence-electron chi connectivity index (χ0n) is 14.8. The molecule has 1 aromatic heterocycles. The molecule has 1 heterocycles. The summed E-state index contributed by atoms with van der Waals surface area (Å²) in [5.74, 6) is 0.358. The molecule has 0 aliphatic rings. The Labute approximate surface area is 170 Å². The van der Waals surface area contributed by atoms with Crippen LogP contribution in [0.5, 0.6) is 5.75 Å². The summed E-state index contributed by atoms with van der Waals surface area (Å²) in [5, 5.41) is 7.65. The van der Waals surface area contributed by atoms with Gasteiger partial charge in [0.1, 0.15) is 18.4 Å². The van der Waals surface area contributed by atoms with E-state index in [4.69, 9.17) is 16.3 Å². The minimum Gasteiger partial charge on any atom is -0.480 e. The van der Waals surface area contributed by atoms with Crippen LogP contribution in [-0.4, -0.2) is 26.8 Å². The molecule has 3 aromatic rings. The molecule has 6 nitrogen and oxygen atoms in total. The Kier molecular flexibility index (Phi) is 6.13. The third kappa shape index (κ3) is 4.87. The number of carbonyl (C=O) groups is 1. The van der Waals surface area contributed by atoms with Gasteiger partial charge in [0, 0.05) is 5.02 Å². The molecular formula is C19H18BrClN4O2. The minimum atomic E-state index is -0.653. The molecule has 0 saturated carbocycles. The van der Waals surface area contributed by atoms with E-state index in [2.05, 4.69) is 31.3 Å². The second kappa shape index (κ2) is 8.54. The first-order valence-corrected chi connectivity index (χ1v) is 9.48. The number of carbonyl (C=O) groups excluding carboxylic acids is 1. The number of rotatable bonds is 6. The van der Waals surface area contributed by atoms with Crippen LogP contribution in [0.25, 0.3) is 5.69 Å². The molecule has 3 rings (SSSR count). The molecule has 0 saturated heterocycles. The summed E-state index contributed by atoms with van der Waals surface area (Å²) in [4.78, 5) is 16.4. The molecule has 1 N–H and O–H groups in total. The smallest absolute Gasteiger partial charge is 0.261 e. The first kappa shape index (κ1) is 19.4. The van der Waals surface area contributed by atoms with Crippen molar-refractivity contribution in [1.82, 2.24) is 20.1 Å². The van der Waals surface area contributed by atoms with Gasteiger partial charge in [-0.05, 0) is 65.7 Å². The van der Waals surface area contributed by atoms with Gasteiger partial charge in [-0.3, -0.25) is 4.79 Å². The van der Waals surface area contributed by atoms with E-state index in [0.717, 1.165) is 11.3 Å². The summed E-state index contributed by atoms with van der Waals surface area (Å²) in [5.41, 5.74) is 1.88. The summed E-state index contributed by atoms with van der Waals surface area (Å²) >= 11 is 9.31. The van der Waals surface area contributed by atoms with Crippen LogP contribution in [0, 0.1) is 0 Å². The van der Waals surface area contributed by atoms with Gasteiger partial charge in [0.05, 0.1) is 16.2 Å². The molecule has 0 fully saturated rings. The van der Waals surface area contributed by atoms with E-state index in [-0.39, 0.29) is 11.9 Å². The van der Waals surface area contributed by atoms with Crippen LogP contribution in [0.15, 0.2) is 59.6 Å². The standard InChI is InChI=1S/C19H18BrClN4O2/c1-12(14-3-6-16(7-4-14)25-11-22-10-23-25)24-19(26)13(2)27-18-8-5-15(21)9-17(18)20/h3-13H,1-2H3,(H,24,26)/t12-,13+/m0/s1. The fourth-order valence-electron chi connectivity index (χ4n) is 2.49. The number of nitrogens with one attached hydrogen (secondary N) is 1. The normalized spacial score (nSPS) is 13.0. The Morgan fingerprint density at radius 3 is 2.59 bits per heavy atom. The van der Waals surface area contributed by atoms with Crippen LogP contribution in [0.2, 0.25) is 5.02 Å². The third-order valence-corrected chi connectivity index (χ3v) is 4.86. The topological polar surface area (TPSA) is 69.0 Å². The molecule has 0 radical (unpaired) electrons. The number of aromatic nitrogens is 3. The lowest BCUT2D eigenvalue weighted by Gasteiger charge is -2.20. The second-order valence-electron chi connectivity index (χ2n) is 6.00. The van der Waals surface area contributed by atoms with Crippen LogP contribution < -0.4 is 10.1 Å². The lowest BCUT2D eigenvalue weighted by Crippen LogP contribution is -2.37. The molecule has 0 bridgehead atoms. The van der Waals surface area contributed by atoms with E-state index in [1.165, 1.54) is 6.33 Å². The zero-order chi connectivity index (χ0) is 19.4. The Balaban J connectivity index is 1.61. The third-order valence-electron chi connectivity index (χ3n) is 4.00. The van der Waals surface area contributed by atoms with Gasteiger partial charge >= 0.3 is 0 Å². The molecule has 0 aliphatic carbocycles. The molecule has 2 aromatic carbocycles. The molecule has 0 spiro atoms. The Morgan fingerprint density at radius 2 is 1.96 bits per heavy atom. The second-order valence-corrected chi connectivity index (χ2v) is 7.29. The van der Waals surface area contributed by atoms with Crippen LogP contribution in [0.1, 0.15) is 25.5 Å². The highest BCUT2D eigenvalue weighted by Gasteiger charge is 2.19. The van der Waals surface area contributed by atoms with Crippen molar-refractivity contribution in [3.63, 3.8) is 0 Å². The number of halogens is 2. The van der Waals surface area contributed by atoms with Gasteiger partial charge in [-0.2, -0.15) is 5.10 Å². The number of benzene rings is 2. The van der Waals surface area contributed by atoms with Crippen molar-refractivity contribution in [2.24, 2.45) is 0 Å². The number of hydrogen-bond acceptors (Lipinski definition) is 4. The average molecular weight is 450 g/mol. The van der Waals surface area contributed by atoms with Gasteiger partial charge in [0.2, 0.25) is 0 Å². The van der Waals surface area contributed by atoms with E-state index < -0.39 is 6.10 Å². The molecule has 2 atom stereocenters. The Hall–Kier alpha value is -2.38. The summed E-state index contributed by atoms with van der Waals surface area (Å²) in [6.07, 6.45) is 2.46. The quantitative estimate of drug-likeness (QED) is 0.608. The van der Waals surface area contributed by atoms with Crippen molar-refractivity contribution < 1.29 is 9.53 Å². The zero-order valence-corrected chi connectivity index (χ0v) is 17.1. The van der Waals surface area contributed by atoms with Gasteiger partial charge in [0.25, 0.3) is 5.91 Å². The maximum absolute atomic E-state index is 12.5. The van der Waals surface area contributed by atoms with Crippen molar-refractivity contribution in [2.45, 2.75) is 26.0 Å². The summed E-state index contributed by atoms with van der Waals surface area (Å²) < 4.78 is 8.10. The predicted molar refractivity (Wildman–Crippen MR) is 107 cm³/mol. The molecule has 140 valence electrons. The minimum absolute atomic E-state index is 0.165. The fourth-order valence-corrected chi connectivity index (χ4v) is 3.26. The molecular weight excluding hydrogens is 432 g/mol. The van der Waals surface area contributed by atoms with Crippen LogP contribution in [0.3, 0.4) is 0 Å². The van der Waals surface area contributed by atoms with E-state index >= 15 is 0 Å². The van der Waals surface area contributed by atoms with Crippen LogP contribution >= 0.6 is 27.5 Å². The fraction of sp³-hybridized carbons (Fsp3) is 0.211. The molecule has 27 heavy (non-hydrogen) atoms. The summed E-state index contributed by atoms with van der Waals surface area (Å²) in [6.45, 7) is 3.63. The van der Waals surface area contributed by atoms with E-state index in [0.29, 0.717) is 15.2 Å². The number of ether oxygens (including phenoxy) is 1. The van der Waals surface area contributed by atoms with E-state index in [9.17, 15) is 4.79 Å². The highest BCUT2D eigenvalue weighted by atomic mass is 79.9. The number of amides is 1. The van der Waals surface area contributed by atoms with Crippen LogP contribution in [-0.2, 0) is 4.79 Å². The summed E-state index contributed by atoms with van der Waals surface area (Å²) in [6, 6.07) is 12.7. The van der Waals surface area contributed by atoms with E-state index in [1.54, 1.807) is 36.1 Å². The molecule has 0 unspecified atom stereocenters. The SMILES string of the molecule is C[C@H](NC(=O)[C@@H](C)Oc1ccc(Cl)cc1Br)c1ccc(-n2cncn2)cc1. The van der Waals surface area contributed by atoms with Gasteiger partial charge < -0.3 is 10.1 Å². The van der Waals surface area contributed by atoms with Gasteiger partial charge in [-0.25, -0.2) is 9.67 Å². The first-order chi connectivity index (χ1) is 12.9. The van der Waals surface area contributed by atoms with Crippen LogP contribution in [0.4, 0.5) is 0 Å². The van der Waals surface area contributed by atoms with Crippen molar-refractivity contribution in [3.8, 4) is 11.4 Å². The van der Waals surface area contributed by atoms with Crippen molar-refractivity contribution in [3.05, 3.63) is 70.2 Å². The van der Waals surface area contributed by atoms with Crippen molar-refractivity contribution in [2.75, 3.05) is 0 Å². The highest BCUT2D eigenvalue weighted by molar-refractivity contribution is 9.10.